The summed E-state index contributed by atoms with van der Waals surface area (Å²) in [6.07, 6.45) is 0.898. The molecule has 0 aliphatic carbocycles. The van der Waals surface area contributed by atoms with E-state index in [0.29, 0.717) is 5.56 Å². The molecule has 4 fully saturated rings. The number of amides is 3. The van der Waals surface area contributed by atoms with Gasteiger partial charge in [0.25, 0.3) is 5.91 Å². The first-order valence-electron chi connectivity index (χ1n) is 14.7. The average molecular weight is 728 g/mol. The number of hydrogen-bond acceptors (Lipinski definition) is 13. The number of quaternary nitrogens is 1. The summed E-state index contributed by atoms with van der Waals surface area (Å²) in [4.78, 5) is 79.2. The van der Waals surface area contributed by atoms with Crippen LogP contribution in [0.25, 0.3) is 0 Å². The lowest BCUT2D eigenvalue weighted by atomic mass is 9.84. The van der Waals surface area contributed by atoms with Crippen LogP contribution >= 0.6 is 11.8 Å². The largest absolute Gasteiger partial charge is 1.00 e. The average Bonchev–Trinajstić information content (AvgIpc) is 3.33. The van der Waals surface area contributed by atoms with Crippen LogP contribution in [0.5, 0.6) is 0 Å². The molecule has 262 valence electrons. The number of allylic oxidation sites excluding steroid dienone is 1. The fourth-order valence-corrected chi connectivity index (χ4v) is 10.7. The summed E-state index contributed by atoms with van der Waals surface area (Å²) in [5, 5.41) is 15.7. The molecule has 7 atom stereocenters. The van der Waals surface area contributed by atoms with Gasteiger partial charge in [-0.3, -0.25) is 9.59 Å². The van der Waals surface area contributed by atoms with Crippen molar-refractivity contribution in [2.24, 2.45) is 0 Å². The van der Waals surface area contributed by atoms with E-state index in [4.69, 9.17) is 4.74 Å². The molecule has 15 nitrogen and oxygen atoms in total. The lowest BCUT2D eigenvalue weighted by molar-refractivity contribution is -0.873. The minimum Gasteiger partial charge on any atom is -1.00 e. The number of thioether (sulfide) groups is 1. The fraction of sp³-hybridized carbons (Fsp3) is 0.533. The number of methoxy groups -OCH3 is 1. The Kier molecular flexibility index (Phi) is 9.79. The van der Waals surface area contributed by atoms with Gasteiger partial charge >= 0.3 is 17.8 Å². The molecule has 4 aliphatic rings. The molecule has 2 unspecified atom stereocenters. The van der Waals surface area contributed by atoms with Gasteiger partial charge < -0.3 is 47.3 Å². The van der Waals surface area contributed by atoms with Crippen LogP contribution in [-0.2, 0) is 48.1 Å². The second-order valence-electron chi connectivity index (χ2n) is 13.1. The van der Waals surface area contributed by atoms with Crippen molar-refractivity contribution in [1.82, 2.24) is 15.5 Å². The van der Waals surface area contributed by atoms with E-state index in [-0.39, 0.29) is 29.4 Å². The van der Waals surface area contributed by atoms with Crippen molar-refractivity contribution in [2.75, 3.05) is 13.7 Å². The zero-order chi connectivity index (χ0) is 34.9. The first-order valence-corrected chi connectivity index (χ1v) is 17.2. The summed E-state index contributed by atoms with van der Waals surface area (Å²) in [5.41, 5.74) is -1.30. The number of carboxylic acids is 1. The van der Waals surface area contributed by atoms with Crippen LogP contribution in [-0.4, -0.2) is 101 Å². The smallest absolute Gasteiger partial charge is 0.367 e. The second-order valence-corrected chi connectivity index (χ2v) is 17.5. The highest BCUT2D eigenvalue weighted by molar-refractivity contribution is 8.01. The van der Waals surface area contributed by atoms with Crippen LogP contribution in [0.2, 0.25) is 0 Å². The predicted octanol–water partition coefficient (Wildman–Crippen LogP) is -5.67. The Morgan fingerprint density at radius 2 is 1.77 bits per heavy atom. The van der Waals surface area contributed by atoms with E-state index >= 15 is 0 Å². The van der Waals surface area contributed by atoms with Crippen LogP contribution in [0.15, 0.2) is 42.1 Å². The van der Waals surface area contributed by atoms with Gasteiger partial charge in [0.15, 0.2) is 5.54 Å². The molecule has 0 bridgehead atoms. The highest BCUT2D eigenvalue weighted by Crippen LogP contribution is 2.55. The summed E-state index contributed by atoms with van der Waals surface area (Å²) in [6.45, 7) is 6.61. The highest BCUT2D eigenvalue weighted by Gasteiger charge is 2.75. The highest BCUT2D eigenvalue weighted by atomic mass is 35.5. The molecule has 0 radical (unpaired) electrons. The van der Waals surface area contributed by atoms with Gasteiger partial charge in [-0.2, -0.15) is 0 Å². The lowest BCUT2D eigenvalue weighted by Gasteiger charge is -2.53. The standard InChI is InChI=1S/C30H36N4O11S2.ClH/c1-15(12-19(36)44-6)31-20(16-10-8-7-9-11-16)23(37)32-30(26(41)34-21(24(38)39)28(2,3)46-27(30)34)14-45-25(40)22-29(4,5)47(42,43)18-13-17(35)33(18)22;/h7-12,18,20-22,27,31H,13-14H2,1-6H3,(H,32,37)(H,38,39);1H/p-1/t18-,20?,21+,22+,27-,30-;/m1./s1. The molecule has 18 heteroatoms. The van der Waals surface area contributed by atoms with Crippen molar-refractivity contribution >= 4 is 57.2 Å². The Labute approximate surface area is 287 Å². The monoisotopic (exact) mass is 727 g/mol. The van der Waals surface area contributed by atoms with Crippen molar-refractivity contribution < 1.29 is 69.1 Å². The van der Waals surface area contributed by atoms with Crippen LogP contribution < -0.4 is 33.0 Å². The third-order valence-electron chi connectivity index (χ3n) is 9.35. The molecule has 4 saturated heterocycles. The Hall–Kier alpha value is -3.67. The molecule has 0 aromatic heterocycles. The molecule has 1 aromatic carbocycles. The van der Waals surface area contributed by atoms with Crippen molar-refractivity contribution in [1.29, 1.82) is 0 Å². The Morgan fingerprint density at radius 1 is 1.15 bits per heavy atom. The normalized spacial score (nSPS) is 31.1. The van der Waals surface area contributed by atoms with Gasteiger partial charge in [0, 0.05) is 16.5 Å². The zero-order valence-corrected chi connectivity index (χ0v) is 29.3. The van der Waals surface area contributed by atoms with Crippen molar-refractivity contribution in [3.05, 3.63) is 47.7 Å². The number of carboxylic acid groups (broad SMARTS) is 1. The maximum absolute atomic E-state index is 14.1. The summed E-state index contributed by atoms with van der Waals surface area (Å²) >= 11 is 1.07. The van der Waals surface area contributed by atoms with Gasteiger partial charge in [-0.05, 0) is 40.2 Å². The van der Waals surface area contributed by atoms with Gasteiger partial charge in [0.2, 0.25) is 27.2 Å². The van der Waals surface area contributed by atoms with Gasteiger partial charge in [0.1, 0.15) is 29.2 Å². The molecular weight excluding hydrogens is 692 g/mol. The molecule has 1 aromatic rings. The van der Waals surface area contributed by atoms with Crippen LogP contribution in [0.3, 0.4) is 0 Å². The maximum Gasteiger partial charge on any atom is 0.367 e. The van der Waals surface area contributed by atoms with Crippen molar-refractivity contribution in [3.8, 4) is 0 Å². The molecule has 3 N–H and O–H groups in total. The number of halogens is 1. The number of aliphatic carboxylic acids is 1. The van der Waals surface area contributed by atoms with E-state index in [2.05, 4.69) is 15.4 Å². The molecule has 3 amide bonds. The van der Waals surface area contributed by atoms with E-state index in [9.17, 15) is 42.3 Å². The first-order chi connectivity index (χ1) is 21.8. The minimum atomic E-state index is -3.90. The maximum atomic E-state index is 14.1. The van der Waals surface area contributed by atoms with Crippen LogP contribution in [0.4, 0.5) is 0 Å². The lowest BCUT2D eigenvalue weighted by Crippen LogP contribution is -3.27. The number of ether oxygens (including phenoxy) is 2. The third-order valence-corrected chi connectivity index (χ3v) is 13.9. The summed E-state index contributed by atoms with van der Waals surface area (Å²) in [6, 6.07) is 4.36. The quantitative estimate of drug-likeness (QED) is 0.117. The summed E-state index contributed by atoms with van der Waals surface area (Å²) < 4.78 is 33.8. The first kappa shape index (κ1) is 37.2. The van der Waals surface area contributed by atoms with E-state index < -0.39 is 96.0 Å². The summed E-state index contributed by atoms with van der Waals surface area (Å²) in [7, 11) is -2.72. The molecular formula is C30H36ClN4O11S2-. The number of nitrogens with zero attached hydrogens (tertiary/aromatic N) is 1. The number of carbonyl (C=O) groups excluding carboxylic acids is 6. The number of fused-ring (bicyclic) bond motifs is 2. The molecule has 0 saturated carbocycles. The van der Waals surface area contributed by atoms with Gasteiger partial charge in [-0.1, -0.05) is 30.3 Å². The SMILES string of the molecule is COC(=O)C=C(C)NC(C(=O)N[C@]1(COC(=O)[C@@H]2[NH+]3C(=O)C[C@H]3S(=O)(=O)C2(C)C)C(=O)N2[C@@H](C(=O)[O-])C(C)(C)S[C@@H]21)c1ccccc1.[Cl-]. The third kappa shape index (κ3) is 5.63. The number of rotatable bonds is 10. The number of nitrogens with one attached hydrogen (secondary N) is 3. The number of β-lactam (4-membered cyclic amide) rings is 2. The van der Waals surface area contributed by atoms with Gasteiger partial charge in [-0.25, -0.2) is 27.7 Å². The topological polar surface area (TPSA) is 210 Å². The Morgan fingerprint density at radius 3 is 2.33 bits per heavy atom. The molecule has 0 spiro atoms. The predicted molar refractivity (Wildman–Crippen MR) is 162 cm³/mol. The minimum absolute atomic E-state index is 0. The molecule has 48 heavy (non-hydrogen) atoms. The van der Waals surface area contributed by atoms with Crippen LogP contribution in [0, 0.1) is 0 Å². The Bertz CT molecular complexity index is 1700. The van der Waals surface area contributed by atoms with Crippen molar-refractivity contribution in [3.63, 3.8) is 0 Å². The van der Waals surface area contributed by atoms with E-state index in [1.54, 1.807) is 44.2 Å². The van der Waals surface area contributed by atoms with Gasteiger partial charge in [0.05, 0.1) is 19.1 Å². The number of esters is 2. The number of benzene rings is 1. The number of carbonyl (C=O) groups is 6. The van der Waals surface area contributed by atoms with Gasteiger partial charge in [-0.15, -0.1) is 11.8 Å². The summed E-state index contributed by atoms with van der Waals surface area (Å²) in [5.74, 6) is -5.34. The van der Waals surface area contributed by atoms with Crippen molar-refractivity contribution in [2.45, 2.75) is 84.9 Å². The van der Waals surface area contributed by atoms with E-state index in [0.717, 1.165) is 22.7 Å². The number of sulfone groups is 1. The fourth-order valence-electron chi connectivity index (χ4n) is 6.79. The molecule has 4 aliphatic heterocycles. The Balaban J connectivity index is 0.00000520. The second kappa shape index (κ2) is 12.7. The van der Waals surface area contributed by atoms with E-state index in [1.165, 1.54) is 27.9 Å². The molecule has 4 heterocycles. The van der Waals surface area contributed by atoms with Crippen LogP contribution in [0.1, 0.15) is 52.6 Å². The zero-order valence-electron chi connectivity index (χ0n) is 26.9. The van der Waals surface area contributed by atoms with E-state index in [1.807, 2.05) is 0 Å². The number of hydrogen-bond donors (Lipinski definition) is 3. The molecule has 5 rings (SSSR count).